The molecule has 0 saturated carbocycles. The summed E-state index contributed by atoms with van der Waals surface area (Å²) >= 11 is 0. The van der Waals surface area contributed by atoms with Gasteiger partial charge in [-0.25, -0.2) is 0 Å². The van der Waals surface area contributed by atoms with Crippen LogP contribution in [0.5, 0.6) is 0 Å². The zero-order valence-electron chi connectivity index (χ0n) is 4.26. The third-order valence-corrected chi connectivity index (χ3v) is 0.931. The van der Waals surface area contributed by atoms with Crippen molar-refractivity contribution in [2.75, 3.05) is 0 Å². The van der Waals surface area contributed by atoms with E-state index in [0.29, 0.717) is 12.8 Å². The molecule has 1 rings (SSSR count). The first-order valence-corrected chi connectivity index (χ1v) is 2.42. The van der Waals surface area contributed by atoms with Gasteiger partial charge >= 0.3 is 5.97 Å². The molecule has 0 aromatic rings. The number of carbonyl (C=O) groups is 1. The van der Waals surface area contributed by atoms with E-state index in [9.17, 15) is 4.79 Å². The van der Waals surface area contributed by atoms with Gasteiger partial charge < -0.3 is 9.94 Å². The molecule has 0 aromatic heterocycles. The molecule has 0 aliphatic carbocycles. The summed E-state index contributed by atoms with van der Waals surface area (Å²) < 4.78 is 0. The van der Waals surface area contributed by atoms with Crippen LogP contribution >= 0.6 is 0 Å². The number of hydrogen-bond acceptors (Lipinski definition) is 4. The Balaban J connectivity index is 2.29. The lowest BCUT2D eigenvalue weighted by atomic mass is 10.3. The van der Waals surface area contributed by atoms with Crippen LogP contribution in [0.4, 0.5) is 0 Å². The van der Waals surface area contributed by atoms with Gasteiger partial charge in [0.1, 0.15) is 6.23 Å². The van der Waals surface area contributed by atoms with Gasteiger partial charge in [-0.05, 0) is 0 Å². The van der Waals surface area contributed by atoms with Gasteiger partial charge in [-0.15, -0.1) is 5.48 Å². The number of nitrogens with one attached hydrogen (secondary N) is 1. The molecule has 46 valence electrons. The van der Waals surface area contributed by atoms with Crippen molar-refractivity contribution in [1.29, 1.82) is 0 Å². The first kappa shape index (κ1) is 5.53. The van der Waals surface area contributed by atoms with Crippen molar-refractivity contribution in [1.82, 2.24) is 5.48 Å². The van der Waals surface area contributed by atoms with Crippen molar-refractivity contribution in [2.24, 2.45) is 0 Å². The molecule has 0 aromatic carbocycles. The fourth-order valence-electron chi connectivity index (χ4n) is 0.498. The minimum atomic E-state index is -0.673. The molecule has 8 heavy (non-hydrogen) atoms. The van der Waals surface area contributed by atoms with Crippen LogP contribution in [0.3, 0.4) is 0 Å². The van der Waals surface area contributed by atoms with E-state index in [4.69, 9.17) is 5.11 Å². The summed E-state index contributed by atoms with van der Waals surface area (Å²) in [5.41, 5.74) is 2.14. The second-order valence-electron chi connectivity index (χ2n) is 1.65. The van der Waals surface area contributed by atoms with Gasteiger partial charge in [0.15, 0.2) is 0 Å². The van der Waals surface area contributed by atoms with Gasteiger partial charge in [-0.2, -0.15) is 0 Å². The molecule has 2 N–H and O–H groups in total. The van der Waals surface area contributed by atoms with Crippen LogP contribution in [0, 0.1) is 0 Å². The third-order valence-electron chi connectivity index (χ3n) is 0.931. The summed E-state index contributed by atoms with van der Waals surface area (Å²) in [4.78, 5) is 14.5. The van der Waals surface area contributed by atoms with E-state index in [1.54, 1.807) is 0 Å². The lowest BCUT2D eigenvalue weighted by Crippen LogP contribution is -2.36. The summed E-state index contributed by atoms with van der Waals surface area (Å²) in [5, 5.41) is 8.64. The van der Waals surface area contributed by atoms with Crippen LogP contribution in [0.1, 0.15) is 12.8 Å². The quantitative estimate of drug-likeness (QED) is 0.433. The van der Waals surface area contributed by atoms with Crippen LogP contribution in [-0.4, -0.2) is 17.3 Å². The third kappa shape index (κ3) is 1.18. The second-order valence-corrected chi connectivity index (χ2v) is 1.65. The maximum atomic E-state index is 10.2. The number of aliphatic hydroxyl groups excluding tert-OH is 1. The number of carbonyl (C=O) groups excluding carboxylic acids is 1. The molecule has 1 atom stereocenters. The standard InChI is InChI=1S/C4H7NO3/c6-3-1-2-4(7)8-5-3/h3,5-6H,1-2H2. The number of aliphatic hydroxyl groups is 1. The highest BCUT2D eigenvalue weighted by Crippen LogP contribution is 2.00. The van der Waals surface area contributed by atoms with Crippen molar-refractivity contribution in [3.63, 3.8) is 0 Å². The molecule has 0 radical (unpaired) electrons. The van der Waals surface area contributed by atoms with Crippen molar-refractivity contribution in [3.05, 3.63) is 0 Å². The van der Waals surface area contributed by atoms with Gasteiger partial charge in [0.25, 0.3) is 0 Å². The molecule has 1 aliphatic heterocycles. The molecule has 1 fully saturated rings. The van der Waals surface area contributed by atoms with E-state index in [2.05, 4.69) is 10.3 Å². The minimum Gasteiger partial charge on any atom is -0.375 e. The van der Waals surface area contributed by atoms with E-state index in [-0.39, 0.29) is 5.97 Å². The number of hydrogen-bond donors (Lipinski definition) is 2. The van der Waals surface area contributed by atoms with E-state index in [1.165, 1.54) is 0 Å². The monoisotopic (exact) mass is 117 g/mol. The maximum absolute atomic E-state index is 10.2. The normalized spacial score (nSPS) is 29.6. The van der Waals surface area contributed by atoms with Crippen molar-refractivity contribution in [3.8, 4) is 0 Å². The predicted octanol–water partition coefficient (Wildman–Crippen LogP) is -0.854. The van der Waals surface area contributed by atoms with E-state index in [1.807, 2.05) is 0 Å². The molecule has 4 nitrogen and oxygen atoms in total. The Morgan fingerprint density at radius 3 is 3.00 bits per heavy atom. The van der Waals surface area contributed by atoms with Crippen LogP contribution in [0.25, 0.3) is 0 Å². The first-order chi connectivity index (χ1) is 3.79. The van der Waals surface area contributed by atoms with Crippen LogP contribution in [0.2, 0.25) is 0 Å². The van der Waals surface area contributed by atoms with Crippen molar-refractivity contribution >= 4 is 5.97 Å². The highest BCUT2D eigenvalue weighted by molar-refractivity contribution is 5.69. The summed E-state index contributed by atoms with van der Waals surface area (Å²) in [7, 11) is 0. The van der Waals surface area contributed by atoms with Crippen LogP contribution in [0.15, 0.2) is 0 Å². The Hall–Kier alpha value is -0.610. The Morgan fingerprint density at radius 1 is 1.88 bits per heavy atom. The Labute approximate surface area is 46.4 Å². The van der Waals surface area contributed by atoms with E-state index < -0.39 is 6.23 Å². The summed E-state index contributed by atoms with van der Waals surface area (Å²) in [5.74, 6) is -0.310. The van der Waals surface area contributed by atoms with Gasteiger partial charge in [-0.3, -0.25) is 4.79 Å². The van der Waals surface area contributed by atoms with Crippen molar-refractivity contribution in [2.45, 2.75) is 19.1 Å². The summed E-state index contributed by atoms with van der Waals surface area (Å²) in [6, 6.07) is 0. The molecule has 1 aliphatic rings. The molecule has 0 spiro atoms. The molecular formula is C4H7NO3. The lowest BCUT2D eigenvalue weighted by Gasteiger charge is -2.16. The molecule has 1 saturated heterocycles. The van der Waals surface area contributed by atoms with E-state index in [0.717, 1.165) is 0 Å². The average Bonchev–Trinajstić information content (AvgIpc) is 1.77. The largest absolute Gasteiger partial charge is 0.375 e. The lowest BCUT2D eigenvalue weighted by molar-refractivity contribution is -0.168. The highest BCUT2D eigenvalue weighted by Gasteiger charge is 2.15. The Bertz CT molecular complexity index is 93.5. The highest BCUT2D eigenvalue weighted by atomic mass is 16.7. The van der Waals surface area contributed by atoms with Crippen LogP contribution < -0.4 is 5.48 Å². The molecule has 0 bridgehead atoms. The molecule has 4 heteroatoms. The topological polar surface area (TPSA) is 58.6 Å². The SMILES string of the molecule is O=C1CCC(O)NO1. The van der Waals surface area contributed by atoms with Crippen molar-refractivity contribution < 1.29 is 14.7 Å². The molecule has 1 unspecified atom stereocenters. The number of hydroxylamine groups is 1. The van der Waals surface area contributed by atoms with Gasteiger partial charge in [0.2, 0.25) is 0 Å². The van der Waals surface area contributed by atoms with Gasteiger partial charge in [-0.1, -0.05) is 0 Å². The predicted molar refractivity (Wildman–Crippen MR) is 24.5 cm³/mol. The Kier molecular flexibility index (Phi) is 1.45. The van der Waals surface area contributed by atoms with E-state index >= 15 is 0 Å². The van der Waals surface area contributed by atoms with Crippen LogP contribution in [-0.2, 0) is 9.63 Å². The molecular weight excluding hydrogens is 110 g/mol. The number of rotatable bonds is 0. The smallest absolute Gasteiger partial charge is 0.325 e. The van der Waals surface area contributed by atoms with Gasteiger partial charge in [0, 0.05) is 6.42 Å². The minimum absolute atomic E-state index is 0.300. The average molecular weight is 117 g/mol. The van der Waals surface area contributed by atoms with Gasteiger partial charge in [0.05, 0.1) is 6.42 Å². The fraction of sp³-hybridized carbons (Fsp3) is 0.750. The molecule has 1 heterocycles. The zero-order valence-corrected chi connectivity index (χ0v) is 4.26. The maximum Gasteiger partial charge on any atom is 0.325 e. The second kappa shape index (κ2) is 2.11. The summed E-state index contributed by atoms with van der Waals surface area (Å²) in [6.07, 6.45) is 0.0696. The fourth-order valence-corrected chi connectivity index (χ4v) is 0.498. The zero-order chi connectivity index (χ0) is 5.98. The Morgan fingerprint density at radius 2 is 2.62 bits per heavy atom. The summed E-state index contributed by atoms with van der Waals surface area (Å²) in [6.45, 7) is 0. The molecule has 0 amide bonds. The first-order valence-electron chi connectivity index (χ1n) is 2.42.